The minimum atomic E-state index is -1.88. The van der Waals surface area contributed by atoms with E-state index in [2.05, 4.69) is 0 Å². The maximum Gasteiger partial charge on any atom is 0.239 e. The number of phenolic OH excluding ortho intramolecular Hbond substituents is 4. The number of phenols is 4. The van der Waals surface area contributed by atoms with Gasteiger partial charge in [0.15, 0.2) is 23.0 Å². The zero-order valence-corrected chi connectivity index (χ0v) is 18.0. The molecule has 1 fully saturated rings. The van der Waals surface area contributed by atoms with Crippen LogP contribution in [0.3, 0.4) is 0 Å². The van der Waals surface area contributed by atoms with Crippen LogP contribution in [0.2, 0.25) is 0 Å². The van der Waals surface area contributed by atoms with E-state index in [1.807, 2.05) is 0 Å². The SMILES string of the molecule is COc1cc(O)cc2oc(-c3cc(O)c(O)c(O)c3)c(O[C@@H]3O[C@@H](CO)[C@H](O)[C@H](O)[C@@H]3O)c(=O)c12. The Morgan fingerprint density at radius 3 is 2.20 bits per heavy atom. The number of rotatable bonds is 5. The minimum Gasteiger partial charge on any atom is -0.508 e. The third kappa shape index (κ3) is 4.15. The van der Waals surface area contributed by atoms with E-state index in [9.17, 15) is 45.6 Å². The van der Waals surface area contributed by atoms with Crippen molar-refractivity contribution in [1.82, 2.24) is 0 Å². The summed E-state index contributed by atoms with van der Waals surface area (Å²) in [5.41, 5.74) is -1.25. The van der Waals surface area contributed by atoms with Crippen molar-refractivity contribution in [2.24, 2.45) is 0 Å². The molecule has 0 spiro atoms. The molecule has 13 nitrogen and oxygen atoms in total. The van der Waals surface area contributed by atoms with Gasteiger partial charge in [-0.1, -0.05) is 0 Å². The number of aliphatic hydroxyl groups is 4. The largest absolute Gasteiger partial charge is 0.508 e. The van der Waals surface area contributed by atoms with Crippen molar-refractivity contribution in [3.8, 4) is 45.8 Å². The fourth-order valence-electron chi connectivity index (χ4n) is 3.73. The summed E-state index contributed by atoms with van der Waals surface area (Å²) < 4.78 is 21.8. The Bertz CT molecular complexity index is 1290. The second-order valence-corrected chi connectivity index (χ2v) is 7.79. The molecular formula is C22H22O13. The fraction of sp³-hybridized carbons (Fsp3) is 0.318. The van der Waals surface area contributed by atoms with Gasteiger partial charge in [0.25, 0.3) is 0 Å². The molecule has 0 bridgehead atoms. The molecule has 5 atom stereocenters. The molecule has 2 heterocycles. The Labute approximate surface area is 195 Å². The molecule has 1 saturated heterocycles. The number of methoxy groups -OCH3 is 1. The molecule has 1 aromatic heterocycles. The highest BCUT2D eigenvalue weighted by Crippen LogP contribution is 2.43. The van der Waals surface area contributed by atoms with E-state index in [4.69, 9.17) is 18.6 Å². The fourth-order valence-corrected chi connectivity index (χ4v) is 3.73. The lowest BCUT2D eigenvalue weighted by atomic mass is 9.99. The third-order valence-electron chi connectivity index (χ3n) is 5.54. The van der Waals surface area contributed by atoms with Gasteiger partial charge in [-0.2, -0.15) is 0 Å². The summed E-state index contributed by atoms with van der Waals surface area (Å²) in [6.07, 6.45) is -8.50. The number of aromatic hydroxyl groups is 4. The summed E-state index contributed by atoms with van der Waals surface area (Å²) in [5, 5.41) is 79.2. The maximum absolute atomic E-state index is 13.5. The highest BCUT2D eigenvalue weighted by Gasteiger charge is 2.45. The van der Waals surface area contributed by atoms with Gasteiger partial charge in [0.1, 0.15) is 46.9 Å². The average molecular weight is 494 g/mol. The van der Waals surface area contributed by atoms with E-state index >= 15 is 0 Å². The van der Waals surface area contributed by atoms with Gasteiger partial charge < -0.3 is 59.5 Å². The number of hydrogen-bond acceptors (Lipinski definition) is 13. The predicted molar refractivity (Wildman–Crippen MR) is 116 cm³/mol. The number of ether oxygens (including phenoxy) is 3. The monoisotopic (exact) mass is 494 g/mol. The highest BCUT2D eigenvalue weighted by atomic mass is 16.7. The van der Waals surface area contributed by atoms with Gasteiger partial charge in [-0.15, -0.1) is 0 Å². The van der Waals surface area contributed by atoms with Crippen LogP contribution in [0.15, 0.2) is 33.5 Å². The average Bonchev–Trinajstić information content (AvgIpc) is 2.83. The van der Waals surface area contributed by atoms with Gasteiger partial charge in [0.05, 0.1) is 13.7 Å². The first-order valence-electron chi connectivity index (χ1n) is 10.2. The van der Waals surface area contributed by atoms with Crippen molar-refractivity contribution in [1.29, 1.82) is 0 Å². The standard InChI is InChI=1S/C22H22O13/c1-32-11-4-8(24)5-12-14(11)17(29)21(20(33-12)7-2-9(25)15(27)10(26)3-7)35-22-19(31)18(30)16(28)13(6-23)34-22/h2-5,13,16,18-19,22-28,30-31H,6H2,1H3/t13-,16-,18-,19-,22-/m0/s1. The van der Waals surface area contributed by atoms with E-state index in [0.717, 1.165) is 24.3 Å². The van der Waals surface area contributed by atoms with Crippen LogP contribution in [-0.2, 0) is 4.74 Å². The van der Waals surface area contributed by atoms with Gasteiger partial charge in [0.2, 0.25) is 17.5 Å². The quantitative estimate of drug-likeness (QED) is 0.209. The van der Waals surface area contributed by atoms with Crippen molar-refractivity contribution in [3.05, 3.63) is 34.5 Å². The molecule has 35 heavy (non-hydrogen) atoms. The minimum absolute atomic E-state index is 0.102. The number of hydrogen-bond donors (Lipinski definition) is 8. The van der Waals surface area contributed by atoms with Crippen LogP contribution < -0.4 is 14.9 Å². The van der Waals surface area contributed by atoms with E-state index in [1.54, 1.807) is 0 Å². The summed E-state index contributed by atoms with van der Waals surface area (Å²) in [7, 11) is 1.23. The van der Waals surface area contributed by atoms with Crippen molar-refractivity contribution in [2.75, 3.05) is 13.7 Å². The van der Waals surface area contributed by atoms with Crippen LogP contribution in [0.4, 0.5) is 0 Å². The summed E-state index contributed by atoms with van der Waals surface area (Å²) in [6.45, 7) is -0.753. The van der Waals surface area contributed by atoms with Crippen molar-refractivity contribution in [3.63, 3.8) is 0 Å². The smallest absolute Gasteiger partial charge is 0.239 e. The molecule has 0 aliphatic carbocycles. The van der Waals surface area contributed by atoms with Crippen LogP contribution >= 0.6 is 0 Å². The summed E-state index contributed by atoms with van der Waals surface area (Å²) in [5.74, 6) is -3.87. The predicted octanol–water partition coefficient (Wildman–Crippen LogP) is -0.530. The first-order chi connectivity index (χ1) is 16.6. The topological polar surface area (TPSA) is 220 Å². The van der Waals surface area contributed by atoms with Crippen molar-refractivity contribution < 1.29 is 59.5 Å². The number of aliphatic hydroxyl groups excluding tert-OH is 4. The molecule has 0 radical (unpaired) electrons. The molecule has 188 valence electrons. The molecule has 1 aliphatic heterocycles. The molecule has 0 saturated carbocycles. The Morgan fingerprint density at radius 1 is 0.943 bits per heavy atom. The molecule has 13 heteroatoms. The Morgan fingerprint density at radius 2 is 1.60 bits per heavy atom. The summed E-state index contributed by atoms with van der Waals surface area (Å²) in [4.78, 5) is 13.5. The summed E-state index contributed by atoms with van der Waals surface area (Å²) in [6, 6.07) is 4.12. The Hall–Kier alpha value is -3.75. The van der Waals surface area contributed by atoms with Crippen LogP contribution in [0.25, 0.3) is 22.3 Å². The summed E-state index contributed by atoms with van der Waals surface area (Å²) >= 11 is 0. The first kappa shape index (κ1) is 24.4. The van der Waals surface area contributed by atoms with E-state index in [-0.39, 0.29) is 28.0 Å². The van der Waals surface area contributed by atoms with E-state index < -0.39 is 71.5 Å². The lowest BCUT2D eigenvalue weighted by Crippen LogP contribution is -2.60. The molecule has 3 aromatic rings. The normalized spacial score (nSPS) is 24.4. The van der Waals surface area contributed by atoms with E-state index in [1.165, 1.54) is 7.11 Å². The first-order valence-corrected chi connectivity index (χ1v) is 10.2. The highest BCUT2D eigenvalue weighted by molar-refractivity contribution is 5.89. The lowest BCUT2D eigenvalue weighted by Gasteiger charge is -2.39. The molecule has 2 aromatic carbocycles. The van der Waals surface area contributed by atoms with Crippen LogP contribution in [0.5, 0.6) is 34.5 Å². The molecular weight excluding hydrogens is 472 g/mol. The van der Waals surface area contributed by atoms with Gasteiger partial charge in [0, 0.05) is 17.7 Å². The second kappa shape index (κ2) is 9.13. The maximum atomic E-state index is 13.5. The zero-order valence-electron chi connectivity index (χ0n) is 18.0. The van der Waals surface area contributed by atoms with Gasteiger partial charge >= 0.3 is 0 Å². The number of fused-ring (bicyclic) bond motifs is 1. The van der Waals surface area contributed by atoms with E-state index in [0.29, 0.717) is 0 Å². The van der Waals surface area contributed by atoms with Crippen molar-refractivity contribution >= 4 is 11.0 Å². The second-order valence-electron chi connectivity index (χ2n) is 7.79. The van der Waals surface area contributed by atoms with Crippen LogP contribution in [0, 0.1) is 0 Å². The van der Waals surface area contributed by atoms with Gasteiger partial charge in [-0.25, -0.2) is 0 Å². The van der Waals surface area contributed by atoms with Crippen LogP contribution in [-0.4, -0.2) is 85.3 Å². The lowest BCUT2D eigenvalue weighted by molar-refractivity contribution is -0.277. The molecule has 1 aliphatic rings. The van der Waals surface area contributed by atoms with Crippen molar-refractivity contribution in [2.45, 2.75) is 30.7 Å². The zero-order chi connectivity index (χ0) is 25.6. The molecule has 8 N–H and O–H groups in total. The molecule has 0 amide bonds. The Kier molecular flexibility index (Phi) is 6.36. The number of benzene rings is 2. The van der Waals surface area contributed by atoms with Gasteiger partial charge in [-0.05, 0) is 12.1 Å². The molecule has 0 unspecified atom stereocenters. The third-order valence-corrected chi connectivity index (χ3v) is 5.54. The van der Waals surface area contributed by atoms with Crippen LogP contribution in [0.1, 0.15) is 0 Å². The van der Waals surface area contributed by atoms with Gasteiger partial charge in [-0.3, -0.25) is 4.79 Å². The Balaban J connectivity index is 1.96. The molecule has 4 rings (SSSR count).